The molecule has 3 heterocycles. The number of hydrogen-bond donors (Lipinski definition) is 1. The van der Waals surface area contributed by atoms with E-state index >= 15 is 0 Å². The Hall–Kier alpha value is -3.35. The summed E-state index contributed by atoms with van der Waals surface area (Å²) in [5.74, 6) is 1.51. The summed E-state index contributed by atoms with van der Waals surface area (Å²) in [7, 11) is 5.75. The first-order chi connectivity index (χ1) is 17.9. The average molecular weight is 536 g/mol. The van der Waals surface area contributed by atoms with E-state index in [1.165, 1.54) is 7.11 Å². The van der Waals surface area contributed by atoms with Gasteiger partial charge in [0.25, 0.3) is 0 Å². The van der Waals surface area contributed by atoms with Gasteiger partial charge >= 0.3 is 0 Å². The topological polar surface area (TPSA) is 82.2 Å². The van der Waals surface area contributed by atoms with Gasteiger partial charge in [0.1, 0.15) is 17.6 Å². The van der Waals surface area contributed by atoms with E-state index in [4.69, 9.17) is 32.9 Å². The molecule has 1 aliphatic heterocycles. The molecule has 0 amide bonds. The van der Waals surface area contributed by atoms with Crippen molar-refractivity contribution in [3.05, 3.63) is 64.2 Å². The number of nitrogens with one attached hydrogen (secondary N) is 1. The fraction of sp³-hybridized carbons (Fsp3) is 0.296. The molecule has 0 atom stereocenters. The van der Waals surface area contributed by atoms with Crippen molar-refractivity contribution >= 4 is 45.5 Å². The van der Waals surface area contributed by atoms with Gasteiger partial charge in [-0.2, -0.15) is 5.26 Å². The van der Waals surface area contributed by atoms with Crippen LogP contribution in [0.3, 0.4) is 0 Å². The van der Waals surface area contributed by atoms with Crippen LogP contribution in [-0.4, -0.2) is 64.7 Å². The zero-order valence-electron chi connectivity index (χ0n) is 20.9. The summed E-state index contributed by atoms with van der Waals surface area (Å²) in [5.41, 5.74) is 4.36. The summed E-state index contributed by atoms with van der Waals surface area (Å²) in [4.78, 5) is 14.1. The molecule has 2 aromatic carbocycles. The molecule has 37 heavy (non-hydrogen) atoms. The smallest absolute Gasteiger partial charge is 0.139 e. The molecule has 0 bridgehead atoms. The molecule has 0 saturated carbocycles. The Morgan fingerprint density at radius 3 is 2.54 bits per heavy atom. The number of ether oxygens (including phenoxy) is 1. The standard InChI is InChI=1S/C27H27Cl2N7O/c1-34-6-8-36(9-7-34)16-26-32-15-24(35(26)2)17-4-5-19-22(10-17)31-14-18(13-30)27(19)33-23-12-25(37-3)21(29)11-20(23)28/h4-5,10-12,14-15H,6-9,16H2,1-3H3,(H,31,33). The number of anilines is 2. The highest BCUT2D eigenvalue weighted by Crippen LogP contribution is 2.38. The van der Waals surface area contributed by atoms with Crippen LogP contribution in [0.15, 0.2) is 42.7 Å². The minimum Gasteiger partial charge on any atom is -0.495 e. The molecule has 0 spiro atoms. The zero-order chi connectivity index (χ0) is 26.1. The lowest BCUT2D eigenvalue weighted by atomic mass is 10.1. The summed E-state index contributed by atoms with van der Waals surface area (Å²) >= 11 is 12.6. The molecular weight excluding hydrogens is 509 g/mol. The second-order valence-corrected chi connectivity index (χ2v) is 9.99. The largest absolute Gasteiger partial charge is 0.495 e. The fourth-order valence-electron chi connectivity index (χ4n) is 4.56. The van der Waals surface area contributed by atoms with Crippen LogP contribution >= 0.6 is 23.2 Å². The van der Waals surface area contributed by atoms with Crippen molar-refractivity contribution in [2.75, 3.05) is 45.7 Å². The van der Waals surface area contributed by atoms with E-state index in [1.54, 1.807) is 18.3 Å². The molecule has 10 heteroatoms. The number of nitriles is 1. The van der Waals surface area contributed by atoms with Gasteiger partial charge in [-0.05, 0) is 25.2 Å². The number of imidazole rings is 1. The highest BCUT2D eigenvalue weighted by molar-refractivity contribution is 6.37. The second kappa shape index (κ2) is 10.6. The van der Waals surface area contributed by atoms with Gasteiger partial charge in [-0.25, -0.2) is 4.98 Å². The molecule has 0 unspecified atom stereocenters. The highest BCUT2D eigenvalue weighted by Gasteiger charge is 2.18. The van der Waals surface area contributed by atoms with Gasteiger partial charge < -0.3 is 19.5 Å². The molecule has 4 aromatic rings. The summed E-state index contributed by atoms with van der Waals surface area (Å²) < 4.78 is 7.47. The quantitative estimate of drug-likeness (QED) is 0.358. The van der Waals surface area contributed by atoms with Crippen LogP contribution in [0.25, 0.3) is 22.2 Å². The number of pyridine rings is 1. The van der Waals surface area contributed by atoms with Gasteiger partial charge in [0, 0.05) is 56.4 Å². The van der Waals surface area contributed by atoms with Gasteiger partial charge in [0.05, 0.1) is 58.0 Å². The molecule has 0 aliphatic carbocycles. The monoisotopic (exact) mass is 535 g/mol. The summed E-state index contributed by atoms with van der Waals surface area (Å²) in [5, 5.41) is 14.7. The molecule has 2 aromatic heterocycles. The lowest BCUT2D eigenvalue weighted by Gasteiger charge is -2.32. The lowest BCUT2D eigenvalue weighted by molar-refractivity contribution is 0.144. The van der Waals surface area contributed by atoms with Gasteiger partial charge in [0.2, 0.25) is 0 Å². The molecule has 1 aliphatic rings. The summed E-state index contributed by atoms with van der Waals surface area (Å²) in [6.45, 7) is 5.05. The predicted molar refractivity (Wildman–Crippen MR) is 148 cm³/mol. The Morgan fingerprint density at radius 1 is 1.03 bits per heavy atom. The SMILES string of the molecule is COc1cc(Nc2c(C#N)cnc3cc(-c4cnc(CN5CCN(C)CC5)n4C)ccc23)c(Cl)cc1Cl. The minimum atomic E-state index is 0.403. The number of fused-ring (bicyclic) bond motifs is 1. The molecule has 8 nitrogen and oxygen atoms in total. The van der Waals surface area contributed by atoms with Crippen molar-refractivity contribution in [2.45, 2.75) is 6.54 Å². The Kier molecular flexibility index (Phi) is 7.22. The highest BCUT2D eigenvalue weighted by atomic mass is 35.5. The lowest BCUT2D eigenvalue weighted by Crippen LogP contribution is -2.44. The van der Waals surface area contributed by atoms with Gasteiger partial charge in [-0.3, -0.25) is 9.88 Å². The first kappa shape index (κ1) is 25.3. The van der Waals surface area contributed by atoms with Gasteiger partial charge in [-0.1, -0.05) is 29.3 Å². The Morgan fingerprint density at radius 2 is 1.81 bits per heavy atom. The van der Waals surface area contributed by atoms with Crippen molar-refractivity contribution in [1.82, 2.24) is 24.3 Å². The number of methoxy groups -OCH3 is 1. The first-order valence-corrected chi connectivity index (χ1v) is 12.7. The zero-order valence-corrected chi connectivity index (χ0v) is 22.4. The van der Waals surface area contributed by atoms with Crippen LogP contribution < -0.4 is 10.1 Å². The Bertz CT molecular complexity index is 1500. The number of aromatic nitrogens is 3. The van der Waals surface area contributed by atoms with Crippen LogP contribution in [0.5, 0.6) is 5.75 Å². The maximum Gasteiger partial charge on any atom is 0.139 e. The third-order valence-electron chi connectivity index (χ3n) is 6.83. The number of benzene rings is 2. The number of piperazine rings is 1. The third kappa shape index (κ3) is 5.09. The maximum absolute atomic E-state index is 9.76. The number of rotatable bonds is 6. The average Bonchev–Trinajstić information content (AvgIpc) is 3.26. The van der Waals surface area contributed by atoms with E-state index in [1.807, 2.05) is 31.4 Å². The normalized spacial score (nSPS) is 14.6. The van der Waals surface area contributed by atoms with Crippen LogP contribution in [0, 0.1) is 11.3 Å². The van der Waals surface area contributed by atoms with Crippen LogP contribution in [-0.2, 0) is 13.6 Å². The van der Waals surface area contributed by atoms with Crippen molar-refractivity contribution in [2.24, 2.45) is 7.05 Å². The molecule has 1 N–H and O–H groups in total. The number of likely N-dealkylation sites (N-methyl/N-ethyl adjacent to an activating group) is 1. The fourth-order valence-corrected chi connectivity index (χ4v) is 5.06. The van der Waals surface area contributed by atoms with E-state index in [9.17, 15) is 5.26 Å². The molecule has 190 valence electrons. The third-order valence-corrected chi connectivity index (χ3v) is 7.44. The van der Waals surface area contributed by atoms with Gasteiger partial charge in [0.15, 0.2) is 0 Å². The molecular formula is C27H27Cl2N7O. The predicted octanol–water partition coefficient (Wildman–Crippen LogP) is 5.31. The molecule has 1 fully saturated rings. The minimum absolute atomic E-state index is 0.403. The van der Waals surface area contributed by atoms with Crippen LogP contribution in [0.1, 0.15) is 11.4 Å². The number of hydrogen-bond acceptors (Lipinski definition) is 7. The molecule has 0 radical (unpaired) electrons. The van der Waals surface area contributed by atoms with E-state index in [2.05, 4.69) is 37.8 Å². The van der Waals surface area contributed by atoms with Crippen molar-refractivity contribution in [3.8, 4) is 23.1 Å². The van der Waals surface area contributed by atoms with Crippen molar-refractivity contribution in [3.63, 3.8) is 0 Å². The van der Waals surface area contributed by atoms with E-state index in [-0.39, 0.29) is 0 Å². The first-order valence-electron chi connectivity index (χ1n) is 11.9. The van der Waals surface area contributed by atoms with E-state index in [0.29, 0.717) is 32.7 Å². The van der Waals surface area contributed by atoms with E-state index in [0.717, 1.165) is 60.7 Å². The van der Waals surface area contributed by atoms with Crippen LogP contribution in [0.2, 0.25) is 10.0 Å². The Balaban J connectivity index is 1.48. The molecule has 1 saturated heterocycles. The summed E-state index contributed by atoms with van der Waals surface area (Å²) in [6, 6.07) is 11.6. The summed E-state index contributed by atoms with van der Waals surface area (Å²) in [6.07, 6.45) is 3.48. The van der Waals surface area contributed by atoms with E-state index < -0.39 is 0 Å². The van der Waals surface area contributed by atoms with Gasteiger partial charge in [-0.15, -0.1) is 0 Å². The maximum atomic E-state index is 9.76. The van der Waals surface area contributed by atoms with Crippen LogP contribution in [0.4, 0.5) is 11.4 Å². The van der Waals surface area contributed by atoms with Crippen molar-refractivity contribution < 1.29 is 4.74 Å². The second-order valence-electron chi connectivity index (χ2n) is 9.18. The number of nitrogens with zero attached hydrogens (tertiary/aromatic N) is 6. The van der Waals surface area contributed by atoms with Crippen molar-refractivity contribution in [1.29, 1.82) is 5.26 Å². The molecule has 5 rings (SSSR count). The Labute approximate surface area is 226 Å². The number of halogens is 2.